The van der Waals surface area contributed by atoms with Crippen molar-refractivity contribution < 1.29 is 22.8 Å². The highest BCUT2D eigenvalue weighted by atomic mass is 19.4. The normalized spacial score (nSPS) is 19.1. The lowest BCUT2D eigenvalue weighted by atomic mass is 9.93. The molecule has 27 heavy (non-hydrogen) atoms. The van der Waals surface area contributed by atoms with E-state index in [1.54, 1.807) is 6.08 Å². The molecule has 0 atom stereocenters. The van der Waals surface area contributed by atoms with Gasteiger partial charge in [0.25, 0.3) is 0 Å². The van der Waals surface area contributed by atoms with Gasteiger partial charge in [-0.1, -0.05) is 18.2 Å². The van der Waals surface area contributed by atoms with E-state index in [4.69, 9.17) is 0 Å². The number of fused-ring (bicyclic) bond motifs is 1. The van der Waals surface area contributed by atoms with Crippen LogP contribution in [0.4, 0.5) is 13.2 Å². The van der Waals surface area contributed by atoms with Gasteiger partial charge in [-0.2, -0.15) is 13.2 Å². The standard InChI is InChI=1S/C20H19F3N2O2/c21-20(22,23)19(27)25-8-6-12(7-9-25)16-10-14(11-18(26)13-4-5-13)24-17-3-1-2-15(16)17/h1-2,6,10,13H,3-5,7-9,11H2. The third-order valence-corrected chi connectivity index (χ3v) is 5.26. The number of hydrogen-bond donors (Lipinski definition) is 0. The van der Waals surface area contributed by atoms with E-state index >= 15 is 0 Å². The molecule has 0 aromatic carbocycles. The van der Waals surface area contributed by atoms with Crippen molar-refractivity contribution in [3.63, 3.8) is 0 Å². The van der Waals surface area contributed by atoms with Crippen molar-refractivity contribution in [2.45, 2.75) is 38.3 Å². The van der Waals surface area contributed by atoms with E-state index in [0.29, 0.717) is 19.3 Å². The van der Waals surface area contributed by atoms with Crippen molar-refractivity contribution >= 4 is 23.3 Å². The predicted octanol–water partition coefficient (Wildman–Crippen LogP) is 3.35. The van der Waals surface area contributed by atoms with Gasteiger partial charge < -0.3 is 4.90 Å². The van der Waals surface area contributed by atoms with E-state index < -0.39 is 12.1 Å². The molecular formula is C20H19F3N2O2. The van der Waals surface area contributed by atoms with Crippen LogP contribution in [0.15, 0.2) is 18.2 Å². The van der Waals surface area contributed by atoms with E-state index in [1.807, 2.05) is 18.2 Å². The van der Waals surface area contributed by atoms with Gasteiger partial charge in [0.15, 0.2) is 0 Å². The highest BCUT2D eigenvalue weighted by Gasteiger charge is 2.42. The number of amides is 1. The predicted molar refractivity (Wildman–Crippen MR) is 93.6 cm³/mol. The zero-order valence-electron chi connectivity index (χ0n) is 14.7. The quantitative estimate of drug-likeness (QED) is 0.810. The molecule has 1 saturated carbocycles. The number of pyridine rings is 1. The number of rotatable bonds is 4. The van der Waals surface area contributed by atoms with Crippen LogP contribution in [0.3, 0.4) is 0 Å². The van der Waals surface area contributed by atoms with Crippen molar-refractivity contribution in [1.82, 2.24) is 9.88 Å². The fourth-order valence-electron chi connectivity index (χ4n) is 3.66. The first-order valence-corrected chi connectivity index (χ1v) is 9.10. The largest absolute Gasteiger partial charge is 0.471 e. The second kappa shape index (κ2) is 6.62. The maximum absolute atomic E-state index is 12.6. The Balaban J connectivity index is 1.58. The number of nitrogens with zero attached hydrogens (tertiary/aromatic N) is 2. The summed E-state index contributed by atoms with van der Waals surface area (Å²) in [7, 11) is 0. The minimum atomic E-state index is -4.84. The first-order chi connectivity index (χ1) is 12.8. The van der Waals surface area contributed by atoms with Crippen LogP contribution >= 0.6 is 0 Å². The summed E-state index contributed by atoms with van der Waals surface area (Å²) in [6, 6.07) is 1.89. The maximum atomic E-state index is 12.6. The lowest BCUT2D eigenvalue weighted by Crippen LogP contribution is -2.43. The van der Waals surface area contributed by atoms with Gasteiger partial charge in [-0.25, -0.2) is 0 Å². The fraction of sp³-hybridized carbons (Fsp3) is 0.450. The molecule has 3 aliphatic rings. The fourth-order valence-corrected chi connectivity index (χ4v) is 3.66. The molecule has 4 nitrogen and oxygen atoms in total. The topological polar surface area (TPSA) is 50.3 Å². The first-order valence-electron chi connectivity index (χ1n) is 9.10. The summed E-state index contributed by atoms with van der Waals surface area (Å²) in [6.07, 6.45) is 4.05. The minimum Gasteiger partial charge on any atom is -0.331 e. The summed E-state index contributed by atoms with van der Waals surface area (Å²) < 4.78 is 37.9. The van der Waals surface area contributed by atoms with Crippen LogP contribution in [0.2, 0.25) is 0 Å². The molecule has 142 valence electrons. The average molecular weight is 376 g/mol. The van der Waals surface area contributed by atoms with Gasteiger partial charge in [0, 0.05) is 43.1 Å². The molecule has 4 rings (SSSR count). The molecule has 0 N–H and O–H groups in total. The van der Waals surface area contributed by atoms with Gasteiger partial charge in [-0.15, -0.1) is 0 Å². The second-order valence-electron chi connectivity index (χ2n) is 7.27. The zero-order chi connectivity index (χ0) is 19.2. The SMILES string of the molecule is O=C(Cc1cc(C2=CCN(C(=O)C(F)(F)F)CC2)c2c(n1)CC=C2)C1CC1. The van der Waals surface area contributed by atoms with E-state index in [9.17, 15) is 22.8 Å². The van der Waals surface area contributed by atoms with Crippen LogP contribution in [0.5, 0.6) is 0 Å². The van der Waals surface area contributed by atoms with Crippen LogP contribution in [-0.2, 0) is 22.4 Å². The third kappa shape index (κ3) is 3.68. The third-order valence-electron chi connectivity index (χ3n) is 5.26. The Bertz CT molecular complexity index is 867. The Morgan fingerprint density at radius 1 is 1.26 bits per heavy atom. The molecule has 7 heteroatoms. The Kier molecular flexibility index (Phi) is 4.40. The highest BCUT2D eigenvalue weighted by molar-refractivity contribution is 5.86. The smallest absolute Gasteiger partial charge is 0.331 e. The summed E-state index contributed by atoms with van der Waals surface area (Å²) >= 11 is 0. The van der Waals surface area contributed by atoms with Crippen molar-refractivity contribution in [2.75, 3.05) is 13.1 Å². The Labute approximate surface area is 154 Å². The number of halogens is 3. The van der Waals surface area contributed by atoms with Crippen molar-refractivity contribution in [1.29, 1.82) is 0 Å². The summed E-state index contributed by atoms with van der Waals surface area (Å²) in [5, 5.41) is 0. The molecule has 0 unspecified atom stereocenters. The van der Waals surface area contributed by atoms with Crippen LogP contribution in [0, 0.1) is 5.92 Å². The molecule has 1 amide bonds. The molecule has 0 bridgehead atoms. The van der Waals surface area contributed by atoms with E-state index in [-0.39, 0.29) is 24.8 Å². The zero-order valence-corrected chi connectivity index (χ0v) is 14.7. The molecule has 0 radical (unpaired) electrons. The summed E-state index contributed by atoms with van der Waals surface area (Å²) in [4.78, 5) is 29.0. The van der Waals surface area contributed by atoms with Gasteiger partial charge >= 0.3 is 12.1 Å². The van der Waals surface area contributed by atoms with E-state index in [0.717, 1.165) is 45.8 Å². The molecule has 0 spiro atoms. The molecule has 2 heterocycles. The number of carbonyl (C=O) groups excluding carboxylic acids is 2. The van der Waals surface area contributed by atoms with Crippen LogP contribution < -0.4 is 0 Å². The van der Waals surface area contributed by atoms with E-state index in [2.05, 4.69) is 4.98 Å². The summed E-state index contributed by atoms with van der Waals surface area (Å²) in [6.45, 7) is -0.0356. The molecule has 1 aliphatic heterocycles. The lowest BCUT2D eigenvalue weighted by Gasteiger charge is -2.28. The Morgan fingerprint density at radius 3 is 2.67 bits per heavy atom. The van der Waals surface area contributed by atoms with Gasteiger partial charge in [0.2, 0.25) is 0 Å². The summed E-state index contributed by atoms with van der Waals surface area (Å²) in [5.74, 6) is -1.43. The molecule has 1 fully saturated rings. The number of Topliss-reactive ketones (excluding diaryl/α,β-unsaturated/α-hetero) is 1. The number of allylic oxidation sites excluding steroid dienone is 1. The molecule has 0 saturated heterocycles. The van der Waals surface area contributed by atoms with Crippen LogP contribution in [0.1, 0.15) is 41.8 Å². The first kappa shape index (κ1) is 17.9. The Hall–Kier alpha value is -2.44. The second-order valence-corrected chi connectivity index (χ2v) is 7.27. The Morgan fingerprint density at radius 2 is 2.04 bits per heavy atom. The molecular weight excluding hydrogens is 357 g/mol. The number of carbonyl (C=O) groups is 2. The number of hydrogen-bond acceptors (Lipinski definition) is 3. The van der Waals surface area contributed by atoms with Crippen LogP contribution in [0.25, 0.3) is 11.6 Å². The monoisotopic (exact) mass is 376 g/mol. The number of ketones is 1. The van der Waals surface area contributed by atoms with Gasteiger partial charge in [-0.3, -0.25) is 14.6 Å². The van der Waals surface area contributed by atoms with Gasteiger partial charge in [0.05, 0.1) is 5.69 Å². The minimum absolute atomic E-state index is 0.0291. The number of aromatic nitrogens is 1. The maximum Gasteiger partial charge on any atom is 0.471 e. The van der Waals surface area contributed by atoms with Gasteiger partial charge in [0.1, 0.15) is 5.78 Å². The van der Waals surface area contributed by atoms with E-state index in [1.165, 1.54) is 0 Å². The lowest BCUT2D eigenvalue weighted by molar-refractivity contribution is -0.185. The number of alkyl halides is 3. The summed E-state index contributed by atoms with van der Waals surface area (Å²) in [5.41, 5.74) is 4.43. The van der Waals surface area contributed by atoms with Crippen molar-refractivity contribution in [2.24, 2.45) is 5.92 Å². The average Bonchev–Trinajstić information content (AvgIpc) is 3.38. The highest BCUT2D eigenvalue weighted by Crippen LogP contribution is 2.34. The van der Waals surface area contributed by atoms with Gasteiger partial charge in [-0.05, 0) is 36.5 Å². The molecule has 2 aliphatic carbocycles. The molecule has 1 aromatic rings. The van der Waals surface area contributed by atoms with Crippen molar-refractivity contribution in [3.05, 3.63) is 40.7 Å². The van der Waals surface area contributed by atoms with Crippen LogP contribution in [-0.4, -0.2) is 40.8 Å². The molecule has 1 aromatic heterocycles. The van der Waals surface area contributed by atoms with Crippen molar-refractivity contribution in [3.8, 4) is 0 Å².